The zero-order chi connectivity index (χ0) is 8.97. The highest BCUT2D eigenvalue weighted by Gasteiger charge is 2.01. The number of hydrogen-bond donors (Lipinski definition) is 3. The van der Waals surface area contributed by atoms with E-state index in [1.807, 2.05) is 7.05 Å². The van der Waals surface area contributed by atoms with Gasteiger partial charge in [0.25, 0.3) is 0 Å². The lowest BCUT2D eigenvalue weighted by atomic mass is 10.4. The standard InChI is InChI=1S/C7H14N4O/c1-11-5-6(8)7(10-11)9-3-2-4-12/h5,12H,2-4,8H2,1H3,(H,9,10). The third-order valence-electron chi connectivity index (χ3n) is 1.48. The van der Waals surface area contributed by atoms with Crippen molar-refractivity contribution in [3.8, 4) is 0 Å². The minimum Gasteiger partial charge on any atom is -0.396 e. The van der Waals surface area contributed by atoms with Gasteiger partial charge in [0.15, 0.2) is 5.82 Å². The van der Waals surface area contributed by atoms with Crippen LogP contribution in [0.2, 0.25) is 0 Å². The molecule has 5 heteroatoms. The summed E-state index contributed by atoms with van der Waals surface area (Å²) in [5.41, 5.74) is 6.25. The van der Waals surface area contributed by atoms with Gasteiger partial charge in [-0.3, -0.25) is 4.68 Å². The zero-order valence-corrected chi connectivity index (χ0v) is 7.12. The molecule has 0 radical (unpaired) electrons. The van der Waals surface area contributed by atoms with Gasteiger partial charge in [-0.2, -0.15) is 5.10 Å². The van der Waals surface area contributed by atoms with E-state index in [1.54, 1.807) is 10.9 Å². The molecule has 68 valence electrons. The predicted octanol–water partition coefficient (Wildman–Crippen LogP) is -0.203. The maximum atomic E-state index is 8.52. The average molecular weight is 170 g/mol. The van der Waals surface area contributed by atoms with Crippen LogP contribution < -0.4 is 11.1 Å². The van der Waals surface area contributed by atoms with Crippen LogP contribution in [-0.2, 0) is 7.05 Å². The number of aromatic nitrogens is 2. The van der Waals surface area contributed by atoms with E-state index in [0.29, 0.717) is 24.5 Å². The van der Waals surface area contributed by atoms with Gasteiger partial charge in [0, 0.05) is 26.4 Å². The molecule has 0 amide bonds. The molecular formula is C7H14N4O. The van der Waals surface area contributed by atoms with Crippen LogP contribution in [0.25, 0.3) is 0 Å². The predicted molar refractivity (Wildman–Crippen MR) is 47.8 cm³/mol. The maximum absolute atomic E-state index is 8.52. The molecule has 4 N–H and O–H groups in total. The molecule has 12 heavy (non-hydrogen) atoms. The van der Waals surface area contributed by atoms with Crippen molar-refractivity contribution < 1.29 is 5.11 Å². The van der Waals surface area contributed by atoms with Crippen LogP contribution in [0, 0.1) is 0 Å². The first kappa shape index (κ1) is 8.86. The molecule has 0 spiro atoms. The van der Waals surface area contributed by atoms with Gasteiger partial charge in [-0.05, 0) is 6.42 Å². The monoisotopic (exact) mass is 170 g/mol. The van der Waals surface area contributed by atoms with E-state index >= 15 is 0 Å². The first-order valence-electron chi connectivity index (χ1n) is 3.88. The summed E-state index contributed by atoms with van der Waals surface area (Å²) in [5.74, 6) is 0.686. The van der Waals surface area contributed by atoms with Crippen molar-refractivity contribution in [2.24, 2.45) is 7.05 Å². The van der Waals surface area contributed by atoms with Crippen LogP contribution in [0.15, 0.2) is 6.20 Å². The smallest absolute Gasteiger partial charge is 0.171 e. The Morgan fingerprint density at radius 1 is 1.75 bits per heavy atom. The lowest BCUT2D eigenvalue weighted by Gasteiger charge is -2.00. The highest BCUT2D eigenvalue weighted by Crippen LogP contribution is 2.13. The molecule has 1 aromatic heterocycles. The summed E-state index contributed by atoms with van der Waals surface area (Å²) in [6, 6.07) is 0. The van der Waals surface area contributed by atoms with Crippen LogP contribution in [-0.4, -0.2) is 28.0 Å². The Balaban J connectivity index is 2.45. The molecule has 0 bridgehead atoms. The molecule has 1 aromatic rings. The summed E-state index contributed by atoms with van der Waals surface area (Å²) in [7, 11) is 1.81. The number of hydrogen-bond acceptors (Lipinski definition) is 4. The Labute approximate surface area is 71.2 Å². The molecular weight excluding hydrogens is 156 g/mol. The number of aliphatic hydroxyl groups excluding tert-OH is 1. The van der Waals surface area contributed by atoms with Crippen LogP contribution in [0.1, 0.15) is 6.42 Å². The molecule has 0 fully saturated rings. The molecule has 0 aliphatic heterocycles. The van der Waals surface area contributed by atoms with Gasteiger partial charge in [-0.1, -0.05) is 0 Å². The fraction of sp³-hybridized carbons (Fsp3) is 0.571. The lowest BCUT2D eigenvalue weighted by molar-refractivity contribution is 0.292. The van der Waals surface area contributed by atoms with Crippen LogP contribution in [0.3, 0.4) is 0 Å². The van der Waals surface area contributed by atoms with E-state index in [-0.39, 0.29) is 6.61 Å². The second-order valence-corrected chi connectivity index (χ2v) is 2.61. The topological polar surface area (TPSA) is 76.1 Å². The van der Waals surface area contributed by atoms with Crippen molar-refractivity contribution in [2.45, 2.75) is 6.42 Å². The van der Waals surface area contributed by atoms with Crippen molar-refractivity contribution in [2.75, 3.05) is 24.2 Å². The summed E-state index contributed by atoms with van der Waals surface area (Å²) >= 11 is 0. The van der Waals surface area contributed by atoms with Gasteiger partial charge in [0.2, 0.25) is 0 Å². The van der Waals surface area contributed by atoms with Gasteiger partial charge in [0.05, 0.1) is 5.69 Å². The SMILES string of the molecule is Cn1cc(N)c(NCCCO)n1. The number of nitrogen functional groups attached to an aromatic ring is 1. The Morgan fingerprint density at radius 3 is 3.00 bits per heavy atom. The van der Waals surface area contributed by atoms with Crippen LogP contribution in [0.5, 0.6) is 0 Å². The zero-order valence-electron chi connectivity index (χ0n) is 7.12. The number of nitrogens with one attached hydrogen (secondary N) is 1. The van der Waals surface area contributed by atoms with Crippen molar-refractivity contribution in [1.82, 2.24) is 9.78 Å². The van der Waals surface area contributed by atoms with E-state index in [1.165, 1.54) is 0 Å². The van der Waals surface area contributed by atoms with Crippen molar-refractivity contribution in [1.29, 1.82) is 0 Å². The second kappa shape index (κ2) is 3.96. The molecule has 0 aliphatic carbocycles. The van der Waals surface area contributed by atoms with Gasteiger partial charge >= 0.3 is 0 Å². The average Bonchev–Trinajstić information content (AvgIpc) is 2.31. The van der Waals surface area contributed by atoms with E-state index in [0.717, 1.165) is 0 Å². The van der Waals surface area contributed by atoms with Crippen LogP contribution in [0.4, 0.5) is 11.5 Å². The third-order valence-corrected chi connectivity index (χ3v) is 1.48. The number of nitrogens with two attached hydrogens (primary N) is 1. The van der Waals surface area contributed by atoms with E-state index in [4.69, 9.17) is 10.8 Å². The number of anilines is 2. The lowest BCUT2D eigenvalue weighted by Crippen LogP contribution is -2.05. The highest BCUT2D eigenvalue weighted by atomic mass is 16.3. The van der Waals surface area contributed by atoms with Crippen molar-refractivity contribution in [3.63, 3.8) is 0 Å². The largest absolute Gasteiger partial charge is 0.396 e. The summed E-state index contributed by atoms with van der Waals surface area (Å²) in [6.07, 6.45) is 2.44. The maximum Gasteiger partial charge on any atom is 0.171 e. The summed E-state index contributed by atoms with van der Waals surface area (Å²) < 4.78 is 1.65. The Kier molecular flexibility index (Phi) is 2.93. The molecule has 1 heterocycles. The van der Waals surface area contributed by atoms with Gasteiger partial charge in [-0.25, -0.2) is 0 Å². The quantitative estimate of drug-likeness (QED) is 0.547. The van der Waals surface area contributed by atoms with Gasteiger partial charge in [0.1, 0.15) is 0 Å². The van der Waals surface area contributed by atoms with Gasteiger partial charge in [-0.15, -0.1) is 0 Å². The highest BCUT2D eigenvalue weighted by molar-refractivity contribution is 5.59. The minimum absolute atomic E-state index is 0.180. The van der Waals surface area contributed by atoms with E-state index in [2.05, 4.69) is 10.4 Å². The summed E-state index contributed by atoms with van der Waals surface area (Å²) in [4.78, 5) is 0. The van der Waals surface area contributed by atoms with Crippen LogP contribution >= 0.6 is 0 Å². The normalized spacial score (nSPS) is 10.2. The third kappa shape index (κ3) is 2.13. The summed E-state index contributed by atoms with van der Waals surface area (Å²) in [6.45, 7) is 0.872. The van der Waals surface area contributed by atoms with Crippen molar-refractivity contribution >= 4 is 11.5 Å². The molecule has 5 nitrogen and oxygen atoms in total. The molecule has 0 atom stereocenters. The van der Waals surface area contributed by atoms with E-state index in [9.17, 15) is 0 Å². The molecule has 0 aliphatic rings. The second-order valence-electron chi connectivity index (χ2n) is 2.61. The Hall–Kier alpha value is -1.23. The molecule has 0 saturated heterocycles. The Morgan fingerprint density at radius 2 is 2.50 bits per heavy atom. The number of rotatable bonds is 4. The Bertz CT molecular complexity index is 246. The molecule has 0 aromatic carbocycles. The van der Waals surface area contributed by atoms with Gasteiger partial charge < -0.3 is 16.2 Å². The first-order valence-corrected chi connectivity index (χ1v) is 3.88. The van der Waals surface area contributed by atoms with E-state index < -0.39 is 0 Å². The number of aliphatic hydroxyl groups is 1. The fourth-order valence-corrected chi connectivity index (χ4v) is 0.930. The molecule has 0 saturated carbocycles. The molecule has 1 rings (SSSR count). The van der Waals surface area contributed by atoms with Crippen molar-refractivity contribution in [3.05, 3.63) is 6.20 Å². The first-order chi connectivity index (χ1) is 5.74. The fourth-order valence-electron chi connectivity index (χ4n) is 0.930. The number of aryl methyl sites for hydroxylation is 1. The number of nitrogens with zero attached hydrogens (tertiary/aromatic N) is 2. The minimum atomic E-state index is 0.180. The molecule has 0 unspecified atom stereocenters. The summed E-state index contributed by atoms with van der Waals surface area (Å²) in [5, 5.41) is 15.6.